The van der Waals surface area contributed by atoms with Gasteiger partial charge in [-0.05, 0) is 57.3 Å². The van der Waals surface area contributed by atoms with Gasteiger partial charge in [0.15, 0.2) is 0 Å². The smallest absolute Gasteiger partial charge is 0.268 e. The summed E-state index contributed by atoms with van der Waals surface area (Å²) >= 11 is 0. The molecule has 1 aromatic heterocycles. The summed E-state index contributed by atoms with van der Waals surface area (Å²) < 4.78 is 7.69. The van der Waals surface area contributed by atoms with Crippen LogP contribution in [0.1, 0.15) is 48.6 Å². The molecule has 5 nitrogen and oxygen atoms in total. The number of carbonyl (C=O) groups excluding carboxylic acids is 1. The Balaban J connectivity index is 1.63. The predicted octanol–water partition coefficient (Wildman–Crippen LogP) is 1.71. The Labute approximate surface area is 126 Å². The SMILES string of the molecule is COC1(CNC(=O)c2cccn2C2CCNCC2)CCC1. The molecule has 1 aliphatic carbocycles. The fourth-order valence-electron chi connectivity index (χ4n) is 3.35. The number of hydrogen-bond acceptors (Lipinski definition) is 3. The number of aromatic nitrogens is 1. The summed E-state index contributed by atoms with van der Waals surface area (Å²) in [5, 5.41) is 6.42. The highest BCUT2D eigenvalue weighted by Crippen LogP contribution is 2.34. The van der Waals surface area contributed by atoms with Gasteiger partial charge in [0.05, 0.1) is 5.60 Å². The highest BCUT2D eigenvalue weighted by molar-refractivity contribution is 5.92. The molecule has 0 radical (unpaired) electrons. The number of ether oxygens (including phenoxy) is 1. The standard InChI is InChI=1S/C16H25N3O2/c1-21-16(7-3-8-16)12-18-15(20)14-4-2-11-19(14)13-5-9-17-10-6-13/h2,4,11,13,17H,3,5-10,12H2,1H3,(H,18,20). The number of nitrogens with one attached hydrogen (secondary N) is 2. The predicted molar refractivity (Wildman–Crippen MR) is 81.5 cm³/mol. The van der Waals surface area contributed by atoms with Gasteiger partial charge in [0.2, 0.25) is 0 Å². The number of methoxy groups -OCH3 is 1. The molecule has 1 amide bonds. The summed E-state index contributed by atoms with van der Waals surface area (Å²) in [6.45, 7) is 2.66. The molecule has 3 rings (SSSR count). The van der Waals surface area contributed by atoms with Crippen LogP contribution in [0.2, 0.25) is 0 Å². The van der Waals surface area contributed by atoms with Crippen LogP contribution in [0.5, 0.6) is 0 Å². The van der Waals surface area contributed by atoms with Crippen LogP contribution >= 0.6 is 0 Å². The summed E-state index contributed by atoms with van der Waals surface area (Å²) in [5.74, 6) is 0.0156. The van der Waals surface area contributed by atoms with E-state index in [1.807, 2.05) is 18.3 Å². The number of nitrogens with zero attached hydrogens (tertiary/aromatic N) is 1. The van der Waals surface area contributed by atoms with Gasteiger partial charge in [0.25, 0.3) is 5.91 Å². The van der Waals surface area contributed by atoms with Crippen LogP contribution in [0, 0.1) is 0 Å². The molecule has 0 atom stereocenters. The average molecular weight is 291 g/mol. The van der Waals surface area contributed by atoms with E-state index in [-0.39, 0.29) is 11.5 Å². The maximum atomic E-state index is 12.5. The monoisotopic (exact) mass is 291 g/mol. The van der Waals surface area contributed by atoms with Crippen molar-refractivity contribution in [2.24, 2.45) is 0 Å². The molecule has 1 saturated carbocycles. The van der Waals surface area contributed by atoms with E-state index >= 15 is 0 Å². The minimum absolute atomic E-state index is 0.0156. The molecule has 1 saturated heterocycles. The van der Waals surface area contributed by atoms with Crippen molar-refractivity contribution < 1.29 is 9.53 Å². The quantitative estimate of drug-likeness (QED) is 0.868. The van der Waals surface area contributed by atoms with Crippen molar-refractivity contribution in [3.8, 4) is 0 Å². The first-order chi connectivity index (χ1) is 10.2. The summed E-state index contributed by atoms with van der Waals surface area (Å²) in [6.07, 6.45) is 7.46. The largest absolute Gasteiger partial charge is 0.376 e. The normalized spacial score (nSPS) is 21.8. The molecule has 2 aliphatic rings. The number of amides is 1. The van der Waals surface area contributed by atoms with E-state index in [4.69, 9.17) is 4.74 Å². The van der Waals surface area contributed by atoms with E-state index in [1.165, 1.54) is 6.42 Å². The zero-order valence-corrected chi connectivity index (χ0v) is 12.7. The Morgan fingerprint density at radius 3 is 2.86 bits per heavy atom. The van der Waals surface area contributed by atoms with Crippen LogP contribution in [0.4, 0.5) is 0 Å². The topological polar surface area (TPSA) is 55.3 Å². The summed E-state index contributed by atoms with van der Waals surface area (Å²) in [5.41, 5.74) is 0.648. The minimum atomic E-state index is -0.123. The van der Waals surface area contributed by atoms with Crippen molar-refractivity contribution in [3.05, 3.63) is 24.0 Å². The molecule has 2 heterocycles. The van der Waals surface area contributed by atoms with Gasteiger partial charge in [-0.3, -0.25) is 4.79 Å². The van der Waals surface area contributed by atoms with Crippen molar-refractivity contribution in [2.75, 3.05) is 26.7 Å². The average Bonchev–Trinajstić information content (AvgIpc) is 2.97. The second kappa shape index (κ2) is 6.20. The van der Waals surface area contributed by atoms with E-state index < -0.39 is 0 Å². The maximum absolute atomic E-state index is 12.5. The molecule has 5 heteroatoms. The van der Waals surface area contributed by atoms with E-state index in [0.29, 0.717) is 12.6 Å². The van der Waals surface area contributed by atoms with Crippen LogP contribution in [0.3, 0.4) is 0 Å². The molecular weight excluding hydrogens is 266 g/mol. The fourth-order valence-corrected chi connectivity index (χ4v) is 3.35. The molecule has 0 spiro atoms. The van der Waals surface area contributed by atoms with Gasteiger partial charge in [0.1, 0.15) is 5.69 Å². The van der Waals surface area contributed by atoms with Gasteiger partial charge in [-0.15, -0.1) is 0 Å². The lowest BCUT2D eigenvalue weighted by Gasteiger charge is -2.40. The molecule has 2 fully saturated rings. The molecular formula is C16H25N3O2. The first-order valence-corrected chi connectivity index (χ1v) is 7.95. The zero-order chi connectivity index (χ0) is 14.7. The minimum Gasteiger partial charge on any atom is -0.376 e. The van der Waals surface area contributed by atoms with Crippen molar-refractivity contribution in [1.82, 2.24) is 15.2 Å². The molecule has 2 N–H and O–H groups in total. The highest BCUT2D eigenvalue weighted by atomic mass is 16.5. The van der Waals surface area contributed by atoms with Crippen LogP contribution in [0.15, 0.2) is 18.3 Å². The second-order valence-electron chi connectivity index (χ2n) is 6.21. The van der Waals surface area contributed by atoms with Gasteiger partial charge in [-0.1, -0.05) is 0 Å². The van der Waals surface area contributed by atoms with E-state index in [9.17, 15) is 4.79 Å². The van der Waals surface area contributed by atoms with Crippen LogP contribution in [-0.2, 0) is 4.74 Å². The molecule has 1 aliphatic heterocycles. The third-order valence-electron chi connectivity index (χ3n) is 4.98. The Hall–Kier alpha value is -1.33. The van der Waals surface area contributed by atoms with Crippen LogP contribution < -0.4 is 10.6 Å². The van der Waals surface area contributed by atoms with Crippen LogP contribution in [-0.4, -0.2) is 42.8 Å². The van der Waals surface area contributed by atoms with E-state index in [0.717, 1.165) is 44.5 Å². The molecule has 0 bridgehead atoms. The van der Waals surface area contributed by atoms with Crippen molar-refractivity contribution in [2.45, 2.75) is 43.7 Å². The number of carbonyl (C=O) groups is 1. The Morgan fingerprint density at radius 2 is 2.24 bits per heavy atom. The Kier molecular flexibility index (Phi) is 4.31. The van der Waals surface area contributed by atoms with E-state index in [1.54, 1.807) is 7.11 Å². The second-order valence-corrected chi connectivity index (χ2v) is 6.21. The Bertz CT molecular complexity index is 482. The van der Waals surface area contributed by atoms with Crippen molar-refractivity contribution >= 4 is 5.91 Å². The number of rotatable bonds is 5. The first-order valence-electron chi connectivity index (χ1n) is 7.95. The molecule has 21 heavy (non-hydrogen) atoms. The zero-order valence-electron chi connectivity index (χ0n) is 12.7. The summed E-state index contributed by atoms with van der Waals surface area (Å²) in [4.78, 5) is 12.5. The van der Waals surface area contributed by atoms with Gasteiger partial charge in [-0.2, -0.15) is 0 Å². The Morgan fingerprint density at radius 1 is 1.48 bits per heavy atom. The lowest BCUT2D eigenvalue weighted by molar-refractivity contribution is -0.0679. The maximum Gasteiger partial charge on any atom is 0.268 e. The molecule has 0 aromatic carbocycles. The lowest BCUT2D eigenvalue weighted by Crippen LogP contribution is -2.49. The first kappa shape index (κ1) is 14.6. The van der Waals surface area contributed by atoms with Crippen LogP contribution in [0.25, 0.3) is 0 Å². The number of piperidine rings is 1. The number of hydrogen-bond donors (Lipinski definition) is 2. The van der Waals surface area contributed by atoms with Gasteiger partial charge < -0.3 is 19.9 Å². The van der Waals surface area contributed by atoms with Gasteiger partial charge >= 0.3 is 0 Å². The fraction of sp³-hybridized carbons (Fsp3) is 0.688. The summed E-state index contributed by atoms with van der Waals surface area (Å²) in [7, 11) is 1.74. The van der Waals surface area contributed by atoms with Crippen molar-refractivity contribution in [1.29, 1.82) is 0 Å². The summed E-state index contributed by atoms with van der Waals surface area (Å²) in [6, 6.07) is 4.31. The van der Waals surface area contributed by atoms with Crippen molar-refractivity contribution in [3.63, 3.8) is 0 Å². The molecule has 0 unspecified atom stereocenters. The third-order valence-corrected chi connectivity index (χ3v) is 4.98. The lowest BCUT2D eigenvalue weighted by atomic mass is 9.80. The van der Waals surface area contributed by atoms with Gasteiger partial charge in [-0.25, -0.2) is 0 Å². The third kappa shape index (κ3) is 2.99. The van der Waals surface area contributed by atoms with Gasteiger partial charge in [0, 0.05) is 25.9 Å². The molecule has 116 valence electrons. The highest BCUT2D eigenvalue weighted by Gasteiger charge is 2.37. The molecule has 1 aromatic rings. The van der Waals surface area contributed by atoms with E-state index in [2.05, 4.69) is 15.2 Å².